The fraction of sp³-hybridized carbons (Fsp3) is 0.154. The van der Waals surface area contributed by atoms with Gasteiger partial charge in [0.15, 0.2) is 0 Å². The molecule has 0 radical (unpaired) electrons. The molecule has 0 spiro atoms. The molecule has 0 aliphatic carbocycles. The monoisotopic (exact) mass is 365 g/mol. The van der Waals surface area contributed by atoms with Gasteiger partial charge in [0.25, 0.3) is 0 Å². The van der Waals surface area contributed by atoms with E-state index in [1.807, 2.05) is 0 Å². The van der Waals surface area contributed by atoms with Gasteiger partial charge < -0.3 is 5.11 Å². The molecule has 0 saturated carbocycles. The largest absolute Gasteiger partial charge is 0.416 e. The van der Waals surface area contributed by atoms with E-state index in [9.17, 15) is 18.3 Å². The molecule has 1 aromatic carbocycles. The number of benzene rings is 1. The van der Waals surface area contributed by atoms with Gasteiger partial charge in [0.05, 0.1) is 5.56 Å². The summed E-state index contributed by atoms with van der Waals surface area (Å²) in [7, 11) is 0. The number of hydrogen-bond donors (Lipinski definition) is 1. The van der Waals surface area contributed by atoms with Gasteiger partial charge in [-0.2, -0.15) is 13.2 Å². The SMILES string of the molecule is OC(c1cc(Cl)cc(Br)c1)c1cnccc1C(F)(F)F. The minimum absolute atomic E-state index is 0.253. The Balaban J connectivity index is 2.51. The Morgan fingerprint density at radius 2 is 1.95 bits per heavy atom. The molecule has 2 aromatic rings. The molecule has 1 heterocycles. The Hall–Kier alpha value is -1.11. The van der Waals surface area contributed by atoms with Crippen LogP contribution in [0.15, 0.2) is 41.1 Å². The number of aromatic nitrogens is 1. The Morgan fingerprint density at radius 1 is 1.25 bits per heavy atom. The van der Waals surface area contributed by atoms with E-state index < -0.39 is 17.8 Å². The van der Waals surface area contributed by atoms with Crippen LogP contribution in [0.3, 0.4) is 0 Å². The zero-order valence-corrected chi connectivity index (χ0v) is 12.2. The summed E-state index contributed by atoms with van der Waals surface area (Å²) in [5.41, 5.74) is -0.979. The van der Waals surface area contributed by atoms with Crippen LogP contribution in [-0.4, -0.2) is 10.1 Å². The molecular weight excluding hydrogens is 358 g/mol. The van der Waals surface area contributed by atoms with Crippen LogP contribution in [0.25, 0.3) is 0 Å². The highest BCUT2D eigenvalue weighted by atomic mass is 79.9. The standard InChI is InChI=1S/C13H8BrClF3NO/c14-8-3-7(4-9(15)5-8)12(20)10-6-19-2-1-11(10)13(16,17)18/h1-6,12,20H. The topological polar surface area (TPSA) is 33.1 Å². The van der Waals surface area contributed by atoms with Gasteiger partial charge in [0.1, 0.15) is 6.10 Å². The van der Waals surface area contributed by atoms with Crippen molar-refractivity contribution in [2.45, 2.75) is 12.3 Å². The van der Waals surface area contributed by atoms with Crippen LogP contribution in [0, 0.1) is 0 Å². The van der Waals surface area contributed by atoms with E-state index in [4.69, 9.17) is 11.6 Å². The van der Waals surface area contributed by atoms with Gasteiger partial charge in [0, 0.05) is 27.5 Å². The van der Waals surface area contributed by atoms with E-state index >= 15 is 0 Å². The number of alkyl halides is 3. The Labute approximate surface area is 126 Å². The number of nitrogens with zero attached hydrogens (tertiary/aromatic N) is 1. The molecular formula is C13H8BrClF3NO. The van der Waals surface area contributed by atoms with Crippen LogP contribution in [0.4, 0.5) is 13.2 Å². The molecule has 0 aliphatic heterocycles. The molecule has 2 nitrogen and oxygen atoms in total. The van der Waals surface area contributed by atoms with Crippen molar-refractivity contribution in [3.63, 3.8) is 0 Å². The molecule has 0 fully saturated rings. The van der Waals surface area contributed by atoms with Gasteiger partial charge in [-0.3, -0.25) is 4.98 Å². The lowest BCUT2D eigenvalue weighted by Crippen LogP contribution is -2.13. The first-order valence-corrected chi connectivity index (χ1v) is 6.61. The first-order valence-electron chi connectivity index (χ1n) is 5.44. The molecule has 0 bridgehead atoms. The molecule has 0 aliphatic rings. The van der Waals surface area contributed by atoms with Crippen molar-refractivity contribution in [1.82, 2.24) is 4.98 Å². The van der Waals surface area contributed by atoms with Gasteiger partial charge in [-0.25, -0.2) is 0 Å². The summed E-state index contributed by atoms with van der Waals surface area (Å²) >= 11 is 9.01. The molecule has 20 heavy (non-hydrogen) atoms. The van der Waals surface area contributed by atoms with Gasteiger partial charge >= 0.3 is 6.18 Å². The third-order valence-corrected chi connectivity index (χ3v) is 3.33. The molecule has 7 heteroatoms. The van der Waals surface area contributed by atoms with Gasteiger partial charge in [-0.15, -0.1) is 0 Å². The predicted molar refractivity (Wildman–Crippen MR) is 72.5 cm³/mol. The molecule has 0 amide bonds. The Kier molecular flexibility index (Phi) is 4.36. The highest BCUT2D eigenvalue weighted by molar-refractivity contribution is 9.10. The first-order chi connectivity index (χ1) is 9.29. The molecule has 0 saturated heterocycles. The van der Waals surface area contributed by atoms with Crippen molar-refractivity contribution in [2.75, 3.05) is 0 Å². The van der Waals surface area contributed by atoms with E-state index in [1.165, 1.54) is 12.1 Å². The summed E-state index contributed by atoms with van der Waals surface area (Å²) in [6.45, 7) is 0. The van der Waals surface area contributed by atoms with Crippen LogP contribution >= 0.6 is 27.5 Å². The highest BCUT2D eigenvalue weighted by Gasteiger charge is 2.35. The second-order valence-corrected chi connectivity index (χ2v) is 5.42. The van der Waals surface area contributed by atoms with E-state index in [-0.39, 0.29) is 11.1 Å². The highest BCUT2D eigenvalue weighted by Crippen LogP contribution is 2.36. The average Bonchev–Trinajstić information content (AvgIpc) is 2.35. The van der Waals surface area contributed by atoms with Crippen LogP contribution in [0.5, 0.6) is 0 Å². The van der Waals surface area contributed by atoms with Gasteiger partial charge in [-0.05, 0) is 29.8 Å². The third kappa shape index (κ3) is 3.31. The zero-order chi connectivity index (χ0) is 14.9. The van der Waals surface area contributed by atoms with E-state index in [2.05, 4.69) is 20.9 Å². The number of pyridine rings is 1. The summed E-state index contributed by atoms with van der Waals surface area (Å²) in [4.78, 5) is 3.65. The maximum Gasteiger partial charge on any atom is 0.416 e. The van der Waals surface area contributed by atoms with Crippen molar-refractivity contribution in [1.29, 1.82) is 0 Å². The average molecular weight is 367 g/mol. The molecule has 1 N–H and O–H groups in total. The summed E-state index contributed by atoms with van der Waals surface area (Å²) < 4.78 is 39.3. The second kappa shape index (κ2) is 5.71. The van der Waals surface area contributed by atoms with Crippen molar-refractivity contribution in [2.24, 2.45) is 0 Å². The van der Waals surface area contributed by atoms with E-state index in [0.717, 1.165) is 18.5 Å². The lowest BCUT2D eigenvalue weighted by atomic mass is 9.98. The fourth-order valence-corrected chi connectivity index (χ4v) is 2.68. The van der Waals surface area contributed by atoms with E-state index in [1.54, 1.807) is 6.07 Å². The van der Waals surface area contributed by atoms with Crippen LogP contribution in [-0.2, 0) is 6.18 Å². The summed E-state index contributed by atoms with van der Waals surface area (Å²) in [5.74, 6) is 0. The van der Waals surface area contributed by atoms with Crippen LogP contribution in [0.1, 0.15) is 22.8 Å². The lowest BCUT2D eigenvalue weighted by molar-refractivity contribution is -0.139. The van der Waals surface area contributed by atoms with Gasteiger partial charge in [-0.1, -0.05) is 27.5 Å². The second-order valence-electron chi connectivity index (χ2n) is 4.07. The van der Waals surface area contributed by atoms with Crippen LogP contribution < -0.4 is 0 Å². The quantitative estimate of drug-likeness (QED) is 0.843. The number of aliphatic hydroxyl groups is 1. The molecule has 2 rings (SSSR count). The Bertz CT molecular complexity index is 613. The summed E-state index contributed by atoms with van der Waals surface area (Å²) in [6, 6.07) is 5.32. The third-order valence-electron chi connectivity index (χ3n) is 2.65. The fourth-order valence-electron chi connectivity index (χ4n) is 1.80. The van der Waals surface area contributed by atoms with Crippen molar-refractivity contribution >= 4 is 27.5 Å². The lowest BCUT2D eigenvalue weighted by Gasteiger charge is -2.17. The molecule has 1 aromatic heterocycles. The zero-order valence-electron chi connectivity index (χ0n) is 9.83. The normalized spacial score (nSPS) is 13.3. The summed E-state index contributed by atoms with van der Waals surface area (Å²) in [6.07, 6.45) is -3.99. The van der Waals surface area contributed by atoms with E-state index in [0.29, 0.717) is 9.50 Å². The maximum absolute atomic E-state index is 12.9. The first kappa shape index (κ1) is 15.3. The van der Waals surface area contributed by atoms with Crippen molar-refractivity contribution in [3.05, 3.63) is 62.8 Å². The van der Waals surface area contributed by atoms with Gasteiger partial charge in [0.2, 0.25) is 0 Å². The minimum atomic E-state index is -4.56. The smallest absolute Gasteiger partial charge is 0.384 e. The number of halogens is 5. The molecule has 1 atom stereocenters. The Morgan fingerprint density at radius 3 is 2.55 bits per heavy atom. The van der Waals surface area contributed by atoms with Crippen LogP contribution in [0.2, 0.25) is 5.02 Å². The predicted octanol–water partition coefficient (Wildman–Crippen LogP) is 4.60. The van der Waals surface area contributed by atoms with Crippen molar-refractivity contribution in [3.8, 4) is 0 Å². The van der Waals surface area contributed by atoms with Crippen molar-refractivity contribution < 1.29 is 18.3 Å². The minimum Gasteiger partial charge on any atom is -0.384 e. The molecule has 106 valence electrons. The number of aliphatic hydroxyl groups excluding tert-OH is 1. The number of hydrogen-bond acceptors (Lipinski definition) is 2. The maximum atomic E-state index is 12.9. The molecule has 1 unspecified atom stereocenters. The number of rotatable bonds is 2. The summed E-state index contributed by atoms with van der Waals surface area (Å²) in [5, 5.41) is 10.5.